The lowest BCUT2D eigenvalue weighted by atomic mass is 10.2. The zero-order chi connectivity index (χ0) is 12.1. The fourth-order valence-electron chi connectivity index (χ4n) is 1.39. The van der Waals surface area contributed by atoms with E-state index in [4.69, 9.17) is 0 Å². The standard InChI is InChI=1S/C12H17BrN2O/c1-9(12(16)15(2)3)14-8-10-5-4-6-11(13)7-10/h4-7,9,14H,8H2,1-3H3. The number of nitrogens with zero attached hydrogens (tertiary/aromatic N) is 1. The second-order valence-electron chi connectivity index (χ2n) is 3.97. The Balaban J connectivity index is 2.49. The monoisotopic (exact) mass is 284 g/mol. The lowest BCUT2D eigenvalue weighted by molar-refractivity contribution is -0.130. The number of rotatable bonds is 4. The quantitative estimate of drug-likeness (QED) is 0.918. The third-order valence-electron chi connectivity index (χ3n) is 2.31. The van der Waals surface area contributed by atoms with Crippen LogP contribution in [0.2, 0.25) is 0 Å². The van der Waals surface area contributed by atoms with Crippen LogP contribution in [-0.2, 0) is 11.3 Å². The molecule has 0 bridgehead atoms. The molecule has 88 valence electrons. The van der Waals surface area contributed by atoms with Gasteiger partial charge in [0.15, 0.2) is 0 Å². The molecule has 1 N–H and O–H groups in total. The Morgan fingerprint density at radius 1 is 1.50 bits per heavy atom. The molecule has 0 radical (unpaired) electrons. The molecule has 1 amide bonds. The maximum absolute atomic E-state index is 11.6. The Kier molecular flexibility index (Phi) is 4.96. The average molecular weight is 285 g/mol. The molecule has 3 nitrogen and oxygen atoms in total. The fraction of sp³-hybridized carbons (Fsp3) is 0.417. The van der Waals surface area contributed by atoms with Gasteiger partial charge in [0.05, 0.1) is 6.04 Å². The van der Waals surface area contributed by atoms with E-state index in [2.05, 4.69) is 21.2 Å². The van der Waals surface area contributed by atoms with Crippen LogP contribution in [0.15, 0.2) is 28.7 Å². The topological polar surface area (TPSA) is 32.3 Å². The number of carbonyl (C=O) groups excluding carboxylic acids is 1. The molecule has 0 aromatic heterocycles. The number of amides is 1. The molecule has 1 atom stereocenters. The Morgan fingerprint density at radius 3 is 2.75 bits per heavy atom. The fourth-order valence-corrected chi connectivity index (χ4v) is 1.84. The smallest absolute Gasteiger partial charge is 0.238 e. The van der Waals surface area contributed by atoms with Gasteiger partial charge in [0.2, 0.25) is 5.91 Å². The van der Waals surface area contributed by atoms with E-state index in [-0.39, 0.29) is 11.9 Å². The van der Waals surface area contributed by atoms with Crippen LogP contribution in [0.4, 0.5) is 0 Å². The molecule has 0 saturated carbocycles. The van der Waals surface area contributed by atoms with Gasteiger partial charge in [0.1, 0.15) is 0 Å². The van der Waals surface area contributed by atoms with E-state index in [0.717, 1.165) is 10.0 Å². The summed E-state index contributed by atoms with van der Waals surface area (Å²) in [4.78, 5) is 13.2. The first kappa shape index (κ1) is 13.2. The Labute approximate surface area is 105 Å². The number of hydrogen-bond donors (Lipinski definition) is 1. The Hall–Kier alpha value is -0.870. The van der Waals surface area contributed by atoms with Gasteiger partial charge in [-0.15, -0.1) is 0 Å². The minimum Gasteiger partial charge on any atom is -0.347 e. The van der Waals surface area contributed by atoms with Crippen molar-refractivity contribution in [3.8, 4) is 0 Å². The van der Waals surface area contributed by atoms with E-state index in [1.54, 1.807) is 19.0 Å². The minimum atomic E-state index is -0.158. The molecular weight excluding hydrogens is 268 g/mol. The van der Waals surface area contributed by atoms with Crippen LogP contribution in [0.3, 0.4) is 0 Å². The highest BCUT2D eigenvalue weighted by Crippen LogP contribution is 2.11. The van der Waals surface area contributed by atoms with Crippen LogP contribution in [-0.4, -0.2) is 30.9 Å². The van der Waals surface area contributed by atoms with Gasteiger partial charge in [-0.1, -0.05) is 28.1 Å². The van der Waals surface area contributed by atoms with Crippen LogP contribution in [0, 0.1) is 0 Å². The Bertz CT molecular complexity index is 366. The van der Waals surface area contributed by atoms with Crippen molar-refractivity contribution in [2.45, 2.75) is 19.5 Å². The second-order valence-corrected chi connectivity index (χ2v) is 4.88. The summed E-state index contributed by atoms with van der Waals surface area (Å²) in [6.07, 6.45) is 0. The molecule has 4 heteroatoms. The number of nitrogens with one attached hydrogen (secondary N) is 1. The molecule has 0 spiro atoms. The van der Waals surface area contributed by atoms with Crippen molar-refractivity contribution in [1.29, 1.82) is 0 Å². The molecule has 1 aromatic carbocycles. The SMILES string of the molecule is CC(NCc1cccc(Br)c1)C(=O)N(C)C. The zero-order valence-electron chi connectivity index (χ0n) is 9.83. The Morgan fingerprint density at radius 2 is 2.19 bits per heavy atom. The highest BCUT2D eigenvalue weighted by atomic mass is 79.9. The molecule has 0 aliphatic heterocycles. The lowest BCUT2D eigenvalue weighted by Gasteiger charge is -2.18. The number of benzene rings is 1. The van der Waals surface area contributed by atoms with Crippen molar-refractivity contribution < 1.29 is 4.79 Å². The summed E-state index contributed by atoms with van der Waals surface area (Å²) in [5.74, 6) is 0.0926. The van der Waals surface area contributed by atoms with E-state index >= 15 is 0 Å². The number of carbonyl (C=O) groups is 1. The molecular formula is C12H17BrN2O. The van der Waals surface area contributed by atoms with E-state index in [1.165, 1.54) is 0 Å². The minimum absolute atomic E-state index is 0.0926. The summed E-state index contributed by atoms with van der Waals surface area (Å²) in [5, 5.41) is 3.20. The molecule has 0 fully saturated rings. The highest BCUT2D eigenvalue weighted by molar-refractivity contribution is 9.10. The van der Waals surface area contributed by atoms with Gasteiger partial charge >= 0.3 is 0 Å². The summed E-state index contributed by atoms with van der Waals surface area (Å²) < 4.78 is 1.05. The van der Waals surface area contributed by atoms with E-state index in [0.29, 0.717) is 6.54 Å². The summed E-state index contributed by atoms with van der Waals surface area (Å²) >= 11 is 3.42. The normalized spacial score (nSPS) is 12.2. The van der Waals surface area contributed by atoms with E-state index < -0.39 is 0 Å². The molecule has 0 aliphatic rings. The van der Waals surface area contributed by atoms with Crippen molar-refractivity contribution in [2.75, 3.05) is 14.1 Å². The molecule has 1 aromatic rings. The molecule has 16 heavy (non-hydrogen) atoms. The number of likely N-dealkylation sites (N-methyl/N-ethyl adjacent to an activating group) is 1. The summed E-state index contributed by atoms with van der Waals surface area (Å²) in [7, 11) is 3.53. The number of hydrogen-bond acceptors (Lipinski definition) is 2. The van der Waals surface area contributed by atoms with Crippen LogP contribution in [0.1, 0.15) is 12.5 Å². The molecule has 1 unspecified atom stereocenters. The average Bonchev–Trinajstić information content (AvgIpc) is 2.24. The van der Waals surface area contributed by atoms with Gasteiger partial charge in [-0.25, -0.2) is 0 Å². The largest absolute Gasteiger partial charge is 0.347 e. The first-order valence-corrected chi connectivity index (χ1v) is 5.99. The van der Waals surface area contributed by atoms with Crippen LogP contribution < -0.4 is 5.32 Å². The molecule has 0 saturated heterocycles. The third kappa shape index (κ3) is 3.94. The van der Waals surface area contributed by atoms with Crippen LogP contribution >= 0.6 is 15.9 Å². The summed E-state index contributed by atoms with van der Waals surface area (Å²) in [6, 6.07) is 7.89. The van der Waals surface area contributed by atoms with Gasteiger partial charge in [-0.05, 0) is 24.6 Å². The number of halogens is 1. The van der Waals surface area contributed by atoms with Crippen molar-refractivity contribution >= 4 is 21.8 Å². The van der Waals surface area contributed by atoms with E-state index in [1.807, 2.05) is 31.2 Å². The van der Waals surface area contributed by atoms with Gasteiger partial charge < -0.3 is 10.2 Å². The molecule has 1 rings (SSSR count). The van der Waals surface area contributed by atoms with Crippen molar-refractivity contribution in [3.05, 3.63) is 34.3 Å². The first-order chi connectivity index (χ1) is 7.50. The van der Waals surface area contributed by atoms with E-state index in [9.17, 15) is 4.79 Å². The van der Waals surface area contributed by atoms with Gasteiger partial charge in [-0.3, -0.25) is 4.79 Å². The first-order valence-electron chi connectivity index (χ1n) is 5.19. The van der Waals surface area contributed by atoms with Crippen molar-refractivity contribution in [2.24, 2.45) is 0 Å². The van der Waals surface area contributed by atoms with Crippen LogP contribution in [0.25, 0.3) is 0 Å². The van der Waals surface area contributed by atoms with Gasteiger partial charge in [-0.2, -0.15) is 0 Å². The van der Waals surface area contributed by atoms with Gasteiger partial charge in [0, 0.05) is 25.1 Å². The zero-order valence-corrected chi connectivity index (χ0v) is 11.4. The maximum Gasteiger partial charge on any atom is 0.238 e. The predicted molar refractivity (Wildman–Crippen MR) is 69.1 cm³/mol. The summed E-state index contributed by atoms with van der Waals surface area (Å²) in [5.41, 5.74) is 1.16. The second kappa shape index (κ2) is 6.01. The third-order valence-corrected chi connectivity index (χ3v) is 2.81. The van der Waals surface area contributed by atoms with Crippen molar-refractivity contribution in [3.63, 3.8) is 0 Å². The summed E-state index contributed by atoms with van der Waals surface area (Å²) in [6.45, 7) is 2.57. The highest BCUT2D eigenvalue weighted by Gasteiger charge is 2.13. The van der Waals surface area contributed by atoms with Gasteiger partial charge in [0.25, 0.3) is 0 Å². The predicted octanol–water partition coefficient (Wildman–Crippen LogP) is 2.02. The maximum atomic E-state index is 11.6. The lowest BCUT2D eigenvalue weighted by Crippen LogP contribution is -2.41. The molecule has 0 heterocycles. The van der Waals surface area contributed by atoms with Crippen LogP contribution in [0.5, 0.6) is 0 Å². The van der Waals surface area contributed by atoms with Crippen molar-refractivity contribution in [1.82, 2.24) is 10.2 Å². The molecule has 0 aliphatic carbocycles.